The first kappa shape index (κ1) is 11.7. The lowest BCUT2D eigenvalue weighted by atomic mass is 10.2. The van der Waals surface area contributed by atoms with Gasteiger partial charge in [0.15, 0.2) is 0 Å². The Kier molecular flexibility index (Phi) is 3.49. The average molecular weight is 292 g/mol. The molecule has 0 bridgehead atoms. The maximum absolute atomic E-state index is 11.9. The quantitative estimate of drug-likeness (QED) is 0.926. The summed E-state index contributed by atoms with van der Waals surface area (Å²) in [7, 11) is 0. The second-order valence-corrected chi connectivity index (χ2v) is 4.45. The summed E-state index contributed by atoms with van der Waals surface area (Å²) in [6.45, 7) is 1.91. The molecule has 2 aromatic heterocycles. The summed E-state index contributed by atoms with van der Waals surface area (Å²) in [5.41, 5.74) is 2.18. The molecule has 0 radical (unpaired) electrons. The van der Waals surface area contributed by atoms with Crippen LogP contribution in [0.2, 0.25) is 0 Å². The summed E-state index contributed by atoms with van der Waals surface area (Å²) in [5.74, 6) is -0.199. The third-order valence-electron chi connectivity index (χ3n) is 2.25. The van der Waals surface area contributed by atoms with Crippen LogP contribution in [0.3, 0.4) is 0 Å². The lowest BCUT2D eigenvalue weighted by molar-refractivity contribution is 0.102. The topological polar surface area (TPSA) is 54.9 Å². The summed E-state index contributed by atoms with van der Waals surface area (Å²) >= 11 is 3.28. The van der Waals surface area contributed by atoms with E-state index in [1.807, 2.05) is 13.0 Å². The van der Waals surface area contributed by atoms with Gasteiger partial charge in [-0.3, -0.25) is 14.8 Å². The van der Waals surface area contributed by atoms with Crippen LogP contribution >= 0.6 is 15.9 Å². The fraction of sp³-hybridized carbons (Fsp3) is 0.0833. The molecule has 2 aromatic rings. The van der Waals surface area contributed by atoms with Crippen molar-refractivity contribution < 1.29 is 4.79 Å². The second kappa shape index (κ2) is 5.05. The Morgan fingerprint density at radius 3 is 2.82 bits per heavy atom. The zero-order valence-electron chi connectivity index (χ0n) is 9.14. The van der Waals surface area contributed by atoms with E-state index < -0.39 is 0 Å². The predicted octanol–water partition coefficient (Wildman–Crippen LogP) is 2.80. The first-order chi connectivity index (χ1) is 8.16. The van der Waals surface area contributed by atoms with Gasteiger partial charge >= 0.3 is 0 Å². The highest BCUT2D eigenvalue weighted by molar-refractivity contribution is 9.10. The van der Waals surface area contributed by atoms with Gasteiger partial charge in [0.1, 0.15) is 0 Å². The first-order valence-corrected chi connectivity index (χ1v) is 5.78. The van der Waals surface area contributed by atoms with E-state index in [1.54, 1.807) is 24.7 Å². The molecule has 5 heteroatoms. The fourth-order valence-electron chi connectivity index (χ4n) is 1.33. The normalized spacial score (nSPS) is 10.0. The van der Waals surface area contributed by atoms with Gasteiger partial charge in [0.2, 0.25) is 0 Å². The van der Waals surface area contributed by atoms with E-state index in [2.05, 4.69) is 31.2 Å². The maximum atomic E-state index is 11.9. The molecular formula is C12H10BrN3O. The van der Waals surface area contributed by atoms with Gasteiger partial charge in [-0.1, -0.05) is 0 Å². The number of rotatable bonds is 2. The Morgan fingerprint density at radius 2 is 2.12 bits per heavy atom. The van der Waals surface area contributed by atoms with Crippen molar-refractivity contribution in [3.05, 3.63) is 52.5 Å². The van der Waals surface area contributed by atoms with Gasteiger partial charge in [0.25, 0.3) is 5.91 Å². The molecule has 0 saturated carbocycles. The Labute approximate surface area is 107 Å². The summed E-state index contributed by atoms with van der Waals surface area (Å²) in [5, 5.41) is 2.79. The zero-order valence-corrected chi connectivity index (χ0v) is 10.7. The van der Waals surface area contributed by atoms with E-state index in [0.29, 0.717) is 11.3 Å². The Hall–Kier alpha value is -1.75. The fourth-order valence-corrected chi connectivity index (χ4v) is 1.69. The monoisotopic (exact) mass is 291 g/mol. The molecule has 1 amide bonds. The van der Waals surface area contributed by atoms with Gasteiger partial charge in [-0.25, -0.2) is 0 Å². The second-order valence-electron chi connectivity index (χ2n) is 3.54. The number of aryl methyl sites for hydroxylation is 1. The van der Waals surface area contributed by atoms with E-state index in [1.165, 1.54) is 6.20 Å². The van der Waals surface area contributed by atoms with E-state index in [-0.39, 0.29) is 5.91 Å². The Bertz CT molecular complexity index is 557. The number of carbonyl (C=O) groups excluding carboxylic acids is 1. The molecule has 1 N–H and O–H groups in total. The van der Waals surface area contributed by atoms with E-state index >= 15 is 0 Å². The third kappa shape index (κ3) is 2.88. The standard InChI is InChI=1S/C12H10BrN3O/c1-8-2-3-14-7-11(8)16-12(17)9-4-10(13)6-15-5-9/h2-7H,1H3,(H,16,17). The van der Waals surface area contributed by atoms with Crippen LogP contribution in [-0.4, -0.2) is 15.9 Å². The van der Waals surface area contributed by atoms with Crippen LogP contribution in [0.4, 0.5) is 5.69 Å². The molecular weight excluding hydrogens is 282 g/mol. The largest absolute Gasteiger partial charge is 0.320 e. The Balaban J connectivity index is 2.20. The van der Waals surface area contributed by atoms with Crippen LogP contribution in [0, 0.1) is 6.92 Å². The number of carbonyl (C=O) groups is 1. The van der Waals surface area contributed by atoms with Crippen molar-refractivity contribution >= 4 is 27.5 Å². The highest BCUT2D eigenvalue weighted by Gasteiger charge is 2.08. The summed E-state index contributed by atoms with van der Waals surface area (Å²) in [4.78, 5) is 19.8. The molecule has 0 atom stereocenters. The van der Waals surface area contributed by atoms with Crippen LogP contribution in [0.1, 0.15) is 15.9 Å². The van der Waals surface area contributed by atoms with Gasteiger partial charge in [-0.2, -0.15) is 0 Å². The van der Waals surface area contributed by atoms with E-state index in [4.69, 9.17) is 0 Å². The molecule has 86 valence electrons. The number of aromatic nitrogens is 2. The van der Waals surface area contributed by atoms with Gasteiger partial charge < -0.3 is 5.32 Å². The number of anilines is 1. The average Bonchev–Trinajstić information content (AvgIpc) is 2.32. The molecule has 0 fully saturated rings. The number of nitrogens with one attached hydrogen (secondary N) is 1. The molecule has 17 heavy (non-hydrogen) atoms. The number of hydrogen-bond donors (Lipinski definition) is 1. The van der Waals surface area contributed by atoms with Gasteiger partial charge in [0.05, 0.1) is 17.4 Å². The highest BCUT2D eigenvalue weighted by Crippen LogP contribution is 2.14. The molecule has 0 spiro atoms. The third-order valence-corrected chi connectivity index (χ3v) is 2.69. The smallest absolute Gasteiger partial charge is 0.257 e. The van der Waals surface area contributed by atoms with Crippen molar-refractivity contribution in [2.45, 2.75) is 6.92 Å². The lowest BCUT2D eigenvalue weighted by Gasteiger charge is -2.07. The van der Waals surface area contributed by atoms with Crippen molar-refractivity contribution in [2.75, 3.05) is 5.32 Å². The molecule has 4 nitrogen and oxygen atoms in total. The van der Waals surface area contributed by atoms with Gasteiger partial charge in [-0.05, 0) is 40.5 Å². The van der Waals surface area contributed by atoms with Crippen LogP contribution in [-0.2, 0) is 0 Å². The van der Waals surface area contributed by atoms with Crippen molar-refractivity contribution in [1.29, 1.82) is 0 Å². The van der Waals surface area contributed by atoms with Crippen molar-refractivity contribution in [1.82, 2.24) is 9.97 Å². The van der Waals surface area contributed by atoms with Crippen molar-refractivity contribution in [3.8, 4) is 0 Å². The van der Waals surface area contributed by atoms with Crippen LogP contribution in [0.15, 0.2) is 41.4 Å². The molecule has 2 rings (SSSR count). The minimum Gasteiger partial charge on any atom is -0.320 e. The molecule has 0 aromatic carbocycles. The Morgan fingerprint density at radius 1 is 1.29 bits per heavy atom. The summed E-state index contributed by atoms with van der Waals surface area (Å²) < 4.78 is 0.771. The van der Waals surface area contributed by atoms with Gasteiger partial charge in [0, 0.05) is 23.1 Å². The molecule has 2 heterocycles. The number of nitrogens with zero attached hydrogens (tertiary/aromatic N) is 2. The number of hydrogen-bond acceptors (Lipinski definition) is 3. The van der Waals surface area contributed by atoms with E-state index in [0.717, 1.165) is 10.0 Å². The molecule has 0 saturated heterocycles. The first-order valence-electron chi connectivity index (χ1n) is 4.99. The van der Waals surface area contributed by atoms with Gasteiger partial charge in [-0.15, -0.1) is 0 Å². The highest BCUT2D eigenvalue weighted by atomic mass is 79.9. The lowest BCUT2D eigenvalue weighted by Crippen LogP contribution is -2.13. The minimum absolute atomic E-state index is 0.199. The minimum atomic E-state index is -0.199. The number of amides is 1. The molecule has 0 unspecified atom stereocenters. The summed E-state index contributed by atoms with van der Waals surface area (Å²) in [6.07, 6.45) is 6.46. The number of halogens is 1. The van der Waals surface area contributed by atoms with Crippen molar-refractivity contribution in [2.24, 2.45) is 0 Å². The summed E-state index contributed by atoms with van der Waals surface area (Å²) in [6, 6.07) is 3.56. The van der Waals surface area contributed by atoms with Crippen LogP contribution in [0.5, 0.6) is 0 Å². The number of pyridine rings is 2. The predicted molar refractivity (Wildman–Crippen MR) is 68.9 cm³/mol. The van der Waals surface area contributed by atoms with E-state index in [9.17, 15) is 4.79 Å². The molecule has 0 aliphatic rings. The zero-order chi connectivity index (χ0) is 12.3. The van der Waals surface area contributed by atoms with Crippen molar-refractivity contribution in [3.63, 3.8) is 0 Å². The maximum Gasteiger partial charge on any atom is 0.257 e. The van der Waals surface area contributed by atoms with Crippen LogP contribution in [0.25, 0.3) is 0 Å². The van der Waals surface area contributed by atoms with Crippen LogP contribution < -0.4 is 5.32 Å². The molecule has 0 aliphatic heterocycles. The molecule has 0 aliphatic carbocycles. The SMILES string of the molecule is Cc1ccncc1NC(=O)c1cncc(Br)c1.